The molecule has 11 nitrogen and oxygen atoms in total. The molecule has 0 unspecified atom stereocenters. The lowest BCUT2D eigenvalue weighted by molar-refractivity contribution is -0.142. The first kappa shape index (κ1) is 32.7. The molecular formula is C33H45FN4O7. The van der Waals surface area contributed by atoms with E-state index in [0.717, 1.165) is 32.4 Å². The molecule has 2 saturated heterocycles. The van der Waals surface area contributed by atoms with Crippen molar-refractivity contribution < 1.29 is 37.8 Å². The predicted octanol–water partition coefficient (Wildman–Crippen LogP) is 5.19. The van der Waals surface area contributed by atoms with Crippen LogP contribution in [0.3, 0.4) is 0 Å². The average molecular weight is 629 g/mol. The number of alkyl carbamates (subject to hydrolysis) is 1. The Bertz CT molecular complexity index is 1390. The Balaban J connectivity index is 1.27. The van der Waals surface area contributed by atoms with E-state index in [4.69, 9.17) is 9.15 Å². The van der Waals surface area contributed by atoms with Gasteiger partial charge in [0, 0.05) is 29.6 Å². The van der Waals surface area contributed by atoms with E-state index in [1.807, 2.05) is 0 Å². The van der Waals surface area contributed by atoms with Gasteiger partial charge in [0.25, 0.3) is 0 Å². The molecule has 3 aliphatic rings. The Hall–Kier alpha value is -3.67. The lowest BCUT2D eigenvalue weighted by atomic mass is 9.78. The van der Waals surface area contributed by atoms with Crippen LogP contribution in [0.25, 0.3) is 11.0 Å². The molecule has 1 saturated carbocycles. The standard InChI is InChI=1S/C33H45FN4O7/c1-33(2,3)45-32(43)36-24(19-34)20-7-9-21(10-8-20)30(40)38-16-13-25(37-14-5-4-6-15-37)28(38)29(39)35-23-11-12-26-22(17-23)18-27(44-26)31(41)42/h11-12,17-18,20-21,24-25,28H,4-10,13-16,19H2,1-3H3,(H,35,39)(H,36,43)(H,41,42)/t20-,21-,24-,25-,28+/m1/s1. The van der Waals surface area contributed by atoms with E-state index in [9.17, 15) is 28.7 Å². The first-order valence-electron chi connectivity index (χ1n) is 16.1. The van der Waals surface area contributed by atoms with Crippen LogP contribution in [-0.2, 0) is 14.3 Å². The lowest BCUT2D eigenvalue weighted by Crippen LogP contribution is -2.55. The molecule has 3 atom stereocenters. The van der Waals surface area contributed by atoms with Gasteiger partial charge >= 0.3 is 12.1 Å². The number of fused-ring (bicyclic) bond motifs is 1. The summed E-state index contributed by atoms with van der Waals surface area (Å²) in [5.41, 5.74) is 0.216. The number of carbonyl (C=O) groups excluding carboxylic acids is 3. The minimum Gasteiger partial charge on any atom is -0.475 e. The van der Waals surface area contributed by atoms with Crippen LogP contribution in [0.1, 0.15) is 82.7 Å². The van der Waals surface area contributed by atoms with Crippen LogP contribution in [0.4, 0.5) is 14.9 Å². The summed E-state index contributed by atoms with van der Waals surface area (Å²) in [7, 11) is 0. The van der Waals surface area contributed by atoms with E-state index in [2.05, 4.69) is 15.5 Å². The van der Waals surface area contributed by atoms with E-state index in [-0.39, 0.29) is 35.5 Å². The number of nitrogens with one attached hydrogen (secondary N) is 2. The van der Waals surface area contributed by atoms with Crippen molar-refractivity contribution in [3.05, 3.63) is 30.0 Å². The number of amides is 3. The van der Waals surface area contributed by atoms with Gasteiger partial charge in [0.2, 0.25) is 17.6 Å². The number of nitrogens with zero attached hydrogens (tertiary/aromatic N) is 2. The molecule has 246 valence electrons. The molecule has 1 aromatic carbocycles. The largest absolute Gasteiger partial charge is 0.475 e. The van der Waals surface area contributed by atoms with Crippen molar-refractivity contribution in [2.24, 2.45) is 11.8 Å². The number of aromatic carboxylic acids is 1. The van der Waals surface area contributed by atoms with E-state index in [1.54, 1.807) is 43.9 Å². The number of anilines is 1. The number of ether oxygens (including phenoxy) is 1. The van der Waals surface area contributed by atoms with Crippen molar-refractivity contribution in [2.75, 3.05) is 31.6 Å². The van der Waals surface area contributed by atoms with Crippen molar-refractivity contribution in [1.82, 2.24) is 15.1 Å². The Labute approximate surface area is 262 Å². The first-order valence-corrected chi connectivity index (χ1v) is 16.1. The fourth-order valence-electron chi connectivity index (χ4n) is 7.16. The summed E-state index contributed by atoms with van der Waals surface area (Å²) in [5, 5.41) is 15.5. The molecule has 3 amide bonds. The third kappa shape index (κ3) is 7.77. The second kappa shape index (κ2) is 13.8. The summed E-state index contributed by atoms with van der Waals surface area (Å²) in [6.07, 6.45) is 5.60. The quantitative estimate of drug-likeness (QED) is 0.363. The number of alkyl halides is 1. The zero-order valence-electron chi connectivity index (χ0n) is 26.4. The number of likely N-dealkylation sites (tertiary alicyclic amines) is 2. The molecule has 3 fully saturated rings. The number of piperidine rings is 1. The molecule has 0 spiro atoms. The lowest BCUT2D eigenvalue weighted by Gasteiger charge is -2.38. The second-order valence-corrected chi connectivity index (χ2v) is 13.6. The molecule has 2 aromatic rings. The summed E-state index contributed by atoms with van der Waals surface area (Å²) >= 11 is 0. The normalized spacial score (nSPS) is 25.1. The number of benzene rings is 1. The maximum absolute atomic E-state index is 14.0. The van der Waals surface area contributed by atoms with Crippen molar-refractivity contribution >= 4 is 40.5 Å². The number of halogens is 1. The number of hydrogen-bond acceptors (Lipinski definition) is 7. The number of hydrogen-bond donors (Lipinski definition) is 3. The summed E-state index contributed by atoms with van der Waals surface area (Å²) in [6, 6.07) is 4.93. The van der Waals surface area contributed by atoms with Crippen molar-refractivity contribution in [3.8, 4) is 0 Å². The summed E-state index contributed by atoms with van der Waals surface area (Å²) < 4.78 is 24.6. The topological polar surface area (TPSA) is 141 Å². The number of rotatable bonds is 8. The molecular weight excluding hydrogens is 583 g/mol. The van der Waals surface area contributed by atoms with Crippen LogP contribution < -0.4 is 10.6 Å². The molecule has 0 radical (unpaired) electrons. The van der Waals surface area contributed by atoms with Crippen LogP contribution in [-0.4, -0.2) is 88.8 Å². The summed E-state index contributed by atoms with van der Waals surface area (Å²) in [4.78, 5) is 55.7. The van der Waals surface area contributed by atoms with Gasteiger partial charge < -0.3 is 29.8 Å². The smallest absolute Gasteiger partial charge is 0.407 e. The van der Waals surface area contributed by atoms with Gasteiger partial charge in [0.05, 0.1) is 6.04 Å². The van der Waals surface area contributed by atoms with Crippen LogP contribution in [0.2, 0.25) is 0 Å². The molecule has 3 heterocycles. The molecule has 12 heteroatoms. The van der Waals surface area contributed by atoms with Gasteiger partial charge in [0.1, 0.15) is 23.9 Å². The number of carboxylic acids is 1. The summed E-state index contributed by atoms with van der Waals surface area (Å²) in [6.45, 7) is 6.80. The van der Waals surface area contributed by atoms with Gasteiger partial charge in [0.15, 0.2) is 0 Å². The maximum Gasteiger partial charge on any atom is 0.407 e. The second-order valence-electron chi connectivity index (χ2n) is 13.6. The zero-order valence-corrected chi connectivity index (χ0v) is 26.4. The monoisotopic (exact) mass is 628 g/mol. The fourth-order valence-corrected chi connectivity index (χ4v) is 7.16. The van der Waals surface area contributed by atoms with Crippen LogP contribution in [0.5, 0.6) is 0 Å². The van der Waals surface area contributed by atoms with E-state index < -0.39 is 36.4 Å². The maximum atomic E-state index is 14.0. The first-order chi connectivity index (χ1) is 21.4. The SMILES string of the molecule is CC(C)(C)OC(=O)N[C@H](CF)[C@H]1CC[C@H](C(=O)N2CC[C@@H](N3CCCCC3)[C@H]2C(=O)Nc2ccc3oc(C(=O)O)cc3c2)CC1. The third-order valence-electron chi connectivity index (χ3n) is 9.33. The Kier molecular flexibility index (Phi) is 10.0. The van der Waals surface area contributed by atoms with Crippen LogP contribution in [0.15, 0.2) is 28.7 Å². The van der Waals surface area contributed by atoms with Crippen LogP contribution in [0, 0.1) is 11.8 Å². The highest BCUT2D eigenvalue weighted by Crippen LogP contribution is 2.36. The fraction of sp³-hybridized carbons (Fsp3) is 0.636. The van der Waals surface area contributed by atoms with Gasteiger partial charge in [-0.3, -0.25) is 14.5 Å². The minimum absolute atomic E-state index is 0.0543. The predicted molar refractivity (Wildman–Crippen MR) is 166 cm³/mol. The number of carboxylic acid groups (broad SMARTS) is 1. The molecule has 5 rings (SSSR count). The molecule has 0 bridgehead atoms. The van der Waals surface area contributed by atoms with Gasteiger partial charge in [-0.15, -0.1) is 0 Å². The van der Waals surface area contributed by atoms with E-state index in [0.29, 0.717) is 55.3 Å². The molecule has 2 aliphatic heterocycles. The van der Waals surface area contributed by atoms with Crippen molar-refractivity contribution in [2.45, 2.75) is 95.9 Å². The zero-order chi connectivity index (χ0) is 32.3. The summed E-state index contributed by atoms with van der Waals surface area (Å²) in [5.74, 6) is -2.07. The Morgan fingerprint density at radius 1 is 1.02 bits per heavy atom. The highest BCUT2D eigenvalue weighted by Gasteiger charge is 2.46. The van der Waals surface area contributed by atoms with E-state index in [1.165, 1.54) is 6.07 Å². The van der Waals surface area contributed by atoms with Crippen molar-refractivity contribution in [1.29, 1.82) is 0 Å². The molecule has 1 aromatic heterocycles. The van der Waals surface area contributed by atoms with Crippen LogP contribution >= 0.6 is 0 Å². The Morgan fingerprint density at radius 3 is 2.38 bits per heavy atom. The number of carbonyl (C=O) groups is 4. The van der Waals surface area contributed by atoms with Gasteiger partial charge in [-0.1, -0.05) is 6.42 Å². The minimum atomic E-state index is -1.17. The highest BCUT2D eigenvalue weighted by molar-refractivity contribution is 6.00. The number of furan rings is 1. The molecule has 1 aliphatic carbocycles. The van der Waals surface area contributed by atoms with Gasteiger partial charge in [-0.05, 0) is 109 Å². The van der Waals surface area contributed by atoms with Crippen molar-refractivity contribution in [3.63, 3.8) is 0 Å². The average Bonchev–Trinajstić information content (AvgIpc) is 3.64. The van der Waals surface area contributed by atoms with Gasteiger partial charge in [-0.25, -0.2) is 14.0 Å². The third-order valence-corrected chi connectivity index (χ3v) is 9.33. The molecule has 3 N–H and O–H groups in total. The van der Waals surface area contributed by atoms with Gasteiger partial charge in [-0.2, -0.15) is 0 Å². The highest BCUT2D eigenvalue weighted by atomic mass is 19.1. The Morgan fingerprint density at radius 2 is 1.73 bits per heavy atom. The molecule has 45 heavy (non-hydrogen) atoms. The van der Waals surface area contributed by atoms with E-state index >= 15 is 0 Å².